The number of ether oxygens (including phenoxy) is 1. The summed E-state index contributed by atoms with van der Waals surface area (Å²) in [6, 6.07) is 2.14. The summed E-state index contributed by atoms with van der Waals surface area (Å²) in [7, 11) is 0. The highest BCUT2D eigenvalue weighted by Gasteiger charge is 2.40. The molecule has 1 saturated heterocycles. The van der Waals surface area contributed by atoms with E-state index >= 15 is 0 Å². The Bertz CT molecular complexity index is 478. The van der Waals surface area contributed by atoms with E-state index in [0.717, 1.165) is 10.6 Å². The molecule has 1 amide bonds. The van der Waals surface area contributed by atoms with Gasteiger partial charge in [0.25, 0.3) is 0 Å². The first-order valence-corrected chi connectivity index (χ1v) is 6.63. The first-order chi connectivity index (χ1) is 8.57. The van der Waals surface area contributed by atoms with E-state index in [1.54, 1.807) is 0 Å². The number of aromatic nitrogens is 1. The van der Waals surface area contributed by atoms with Crippen LogP contribution in [-0.2, 0) is 9.53 Å². The Morgan fingerprint density at radius 1 is 1.50 bits per heavy atom. The highest BCUT2D eigenvalue weighted by Crippen LogP contribution is 2.32. The predicted octanol–water partition coefficient (Wildman–Crippen LogP) is 2.02. The van der Waals surface area contributed by atoms with Crippen molar-refractivity contribution in [2.24, 2.45) is 5.41 Å². The number of rotatable bonds is 2. The number of nitrogens with one attached hydrogen (secondary N) is 1. The smallest absolute Gasteiger partial charge is 0.246 e. The summed E-state index contributed by atoms with van der Waals surface area (Å²) >= 11 is 1.43. The van der Waals surface area contributed by atoms with E-state index in [1.807, 2.05) is 13.8 Å². The third kappa shape index (κ3) is 2.37. The molecule has 1 N–H and O–H groups in total. The van der Waals surface area contributed by atoms with Crippen LogP contribution in [0.4, 0.5) is 5.13 Å². The molecule has 0 bridgehead atoms. The van der Waals surface area contributed by atoms with Gasteiger partial charge in [0.2, 0.25) is 5.91 Å². The zero-order chi connectivity index (χ0) is 13.2. The van der Waals surface area contributed by atoms with Crippen molar-refractivity contribution < 1.29 is 9.53 Å². The van der Waals surface area contributed by atoms with Crippen LogP contribution < -0.4 is 5.32 Å². The third-order valence-corrected chi connectivity index (χ3v) is 4.23. The van der Waals surface area contributed by atoms with Gasteiger partial charge >= 0.3 is 0 Å². The fraction of sp³-hybridized carbons (Fsp3) is 0.583. The zero-order valence-electron chi connectivity index (χ0n) is 10.4. The maximum atomic E-state index is 12.2. The largest absolute Gasteiger partial charge is 0.381 e. The molecule has 0 saturated carbocycles. The summed E-state index contributed by atoms with van der Waals surface area (Å²) in [4.78, 5) is 17.5. The molecule has 1 aromatic rings. The molecular formula is C12H15N3O2S. The highest BCUT2D eigenvalue weighted by molar-refractivity contribution is 7.15. The van der Waals surface area contributed by atoms with Gasteiger partial charge in [-0.15, -0.1) is 11.3 Å². The number of anilines is 1. The van der Waals surface area contributed by atoms with E-state index in [1.165, 1.54) is 11.3 Å². The van der Waals surface area contributed by atoms with Gasteiger partial charge in [0, 0.05) is 18.1 Å². The number of carbonyl (C=O) groups excluding carboxylic acids is 1. The minimum absolute atomic E-state index is 0.262. The van der Waals surface area contributed by atoms with Crippen molar-refractivity contribution in [1.82, 2.24) is 4.98 Å². The number of carbonyl (C=O) groups is 1. The molecule has 0 atom stereocenters. The van der Waals surface area contributed by atoms with Crippen LogP contribution in [0.5, 0.6) is 0 Å². The van der Waals surface area contributed by atoms with Gasteiger partial charge in [-0.1, -0.05) is 0 Å². The fourth-order valence-electron chi connectivity index (χ4n) is 1.85. The lowest BCUT2D eigenvalue weighted by atomic mass is 9.81. The van der Waals surface area contributed by atoms with Gasteiger partial charge in [0.05, 0.1) is 11.8 Å². The topological polar surface area (TPSA) is 75.0 Å². The van der Waals surface area contributed by atoms with Crippen LogP contribution in [0.1, 0.15) is 23.4 Å². The molecule has 1 aliphatic rings. The zero-order valence-corrected chi connectivity index (χ0v) is 11.3. The maximum Gasteiger partial charge on any atom is 0.246 e. The Balaban J connectivity index is 2.13. The molecule has 0 radical (unpaired) electrons. The van der Waals surface area contributed by atoms with Gasteiger partial charge in [-0.3, -0.25) is 4.79 Å². The lowest BCUT2D eigenvalue weighted by molar-refractivity contribution is -0.126. The number of nitrogens with zero attached hydrogens (tertiary/aromatic N) is 2. The Hall–Kier alpha value is -1.45. The van der Waals surface area contributed by atoms with Gasteiger partial charge in [-0.25, -0.2) is 4.98 Å². The number of amides is 1. The van der Waals surface area contributed by atoms with Gasteiger partial charge in [-0.05, 0) is 26.7 Å². The van der Waals surface area contributed by atoms with E-state index < -0.39 is 5.41 Å². The second kappa shape index (κ2) is 5.04. The standard InChI is InChI=1S/C12H15N3O2S/c1-8-9(2)18-11(14-8)15-10(16)12(7-13)3-5-17-6-4-12/h3-6H2,1-2H3,(H,14,15,16). The first kappa shape index (κ1) is 13.0. The quantitative estimate of drug-likeness (QED) is 0.887. The normalized spacial score (nSPS) is 18.1. The number of hydrogen-bond acceptors (Lipinski definition) is 5. The monoisotopic (exact) mass is 265 g/mol. The van der Waals surface area contributed by atoms with Gasteiger partial charge in [0.15, 0.2) is 5.13 Å². The third-order valence-electron chi connectivity index (χ3n) is 3.24. The van der Waals surface area contributed by atoms with E-state index in [2.05, 4.69) is 16.4 Å². The van der Waals surface area contributed by atoms with Crippen molar-refractivity contribution in [1.29, 1.82) is 5.26 Å². The molecule has 5 nitrogen and oxygen atoms in total. The average Bonchev–Trinajstić information content (AvgIpc) is 2.69. The number of nitriles is 1. The van der Waals surface area contributed by atoms with Crippen molar-refractivity contribution in [3.63, 3.8) is 0 Å². The molecule has 1 aromatic heterocycles. The van der Waals surface area contributed by atoms with Crippen LogP contribution in [0, 0.1) is 30.6 Å². The summed E-state index contributed by atoms with van der Waals surface area (Å²) in [5.41, 5.74) is -0.0561. The summed E-state index contributed by atoms with van der Waals surface area (Å²) in [5.74, 6) is -0.262. The Kier molecular flexibility index (Phi) is 3.64. The van der Waals surface area contributed by atoms with Crippen LogP contribution in [0.25, 0.3) is 0 Å². The number of aryl methyl sites for hydroxylation is 2. The van der Waals surface area contributed by atoms with Crippen LogP contribution in [0.15, 0.2) is 0 Å². The molecule has 1 fully saturated rings. The van der Waals surface area contributed by atoms with Crippen molar-refractivity contribution >= 4 is 22.4 Å². The van der Waals surface area contributed by atoms with Gasteiger partial charge in [-0.2, -0.15) is 5.26 Å². The Labute approximate surface area is 110 Å². The molecule has 2 rings (SSSR count). The van der Waals surface area contributed by atoms with Crippen molar-refractivity contribution in [3.05, 3.63) is 10.6 Å². The lowest BCUT2D eigenvalue weighted by Gasteiger charge is -2.28. The molecule has 0 unspecified atom stereocenters. The summed E-state index contributed by atoms with van der Waals surface area (Å²) in [6.45, 7) is 4.76. The van der Waals surface area contributed by atoms with E-state index in [9.17, 15) is 10.1 Å². The van der Waals surface area contributed by atoms with Crippen molar-refractivity contribution in [2.75, 3.05) is 18.5 Å². The minimum atomic E-state index is -0.967. The first-order valence-electron chi connectivity index (χ1n) is 5.82. The summed E-state index contributed by atoms with van der Waals surface area (Å²) < 4.78 is 5.21. The summed E-state index contributed by atoms with van der Waals surface area (Å²) in [6.07, 6.45) is 0.886. The second-order valence-corrected chi connectivity index (χ2v) is 5.62. The molecule has 0 aromatic carbocycles. The van der Waals surface area contributed by atoms with E-state index in [0.29, 0.717) is 31.2 Å². The molecule has 2 heterocycles. The highest BCUT2D eigenvalue weighted by atomic mass is 32.1. The second-order valence-electron chi connectivity index (χ2n) is 4.42. The molecule has 96 valence electrons. The summed E-state index contributed by atoms with van der Waals surface area (Å²) in [5, 5.41) is 12.6. The molecular weight excluding hydrogens is 250 g/mol. The van der Waals surface area contributed by atoms with Crippen LogP contribution in [0.2, 0.25) is 0 Å². The van der Waals surface area contributed by atoms with E-state index in [4.69, 9.17) is 4.74 Å². The average molecular weight is 265 g/mol. The lowest BCUT2D eigenvalue weighted by Crippen LogP contribution is -2.39. The molecule has 18 heavy (non-hydrogen) atoms. The fourth-order valence-corrected chi connectivity index (χ4v) is 2.66. The van der Waals surface area contributed by atoms with E-state index in [-0.39, 0.29) is 5.91 Å². The Morgan fingerprint density at radius 3 is 2.67 bits per heavy atom. The van der Waals surface area contributed by atoms with Crippen molar-refractivity contribution in [2.45, 2.75) is 26.7 Å². The van der Waals surface area contributed by atoms with Gasteiger partial charge in [0.1, 0.15) is 5.41 Å². The van der Waals surface area contributed by atoms with Crippen LogP contribution in [0.3, 0.4) is 0 Å². The van der Waals surface area contributed by atoms with Crippen molar-refractivity contribution in [3.8, 4) is 6.07 Å². The SMILES string of the molecule is Cc1nc(NC(=O)C2(C#N)CCOCC2)sc1C. The van der Waals surface area contributed by atoms with Crippen LogP contribution >= 0.6 is 11.3 Å². The molecule has 0 spiro atoms. The number of hydrogen-bond donors (Lipinski definition) is 1. The predicted molar refractivity (Wildman–Crippen MR) is 68.3 cm³/mol. The molecule has 1 aliphatic heterocycles. The number of thiazole rings is 1. The Morgan fingerprint density at radius 2 is 2.17 bits per heavy atom. The molecule has 0 aliphatic carbocycles. The minimum Gasteiger partial charge on any atom is -0.381 e. The molecule has 6 heteroatoms. The van der Waals surface area contributed by atoms with Gasteiger partial charge < -0.3 is 10.1 Å². The maximum absolute atomic E-state index is 12.2. The van der Waals surface area contributed by atoms with Crippen LogP contribution in [-0.4, -0.2) is 24.1 Å².